The van der Waals surface area contributed by atoms with Crippen LogP contribution < -0.4 is 5.32 Å². The van der Waals surface area contributed by atoms with Crippen molar-refractivity contribution >= 4 is 23.5 Å². The number of rotatable bonds is 3. The SMILES string of the molecule is CC(C)c1ccc(NC(=O)N2CCSC2c2ccco2)cc1. The monoisotopic (exact) mass is 316 g/mol. The van der Waals surface area contributed by atoms with Crippen molar-refractivity contribution in [2.75, 3.05) is 17.6 Å². The minimum absolute atomic E-state index is 0.0371. The number of anilines is 1. The van der Waals surface area contributed by atoms with E-state index in [1.54, 1.807) is 18.0 Å². The van der Waals surface area contributed by atoms with Gasteiger partial charge in [0.1, 0.15) is 11.1 Å². The van der Waals surface area contributed by atoms with Crippen molar-refractivity contribution in [3.05, 3.63) is 54.0 Å². The molecule has 1 unspecified atom stereocenters. The fraction of sp³-hybridized carbons (Fsp3) is 0.353. The van der Waals surface area contributed by atoms with Gasteiger partial charge in [-0.3, -0.25) is 0 Å². The molecule has 1 aromatic heterocycles. The zero-order chi connectivity index (χ0) is 15.5. The van der Waals surface area contributed by atoms with Crippen LogP contribution >= 0.6 is 11.8 Å². The van der Waals surface area contributed by atoms with Crippen molar-refractivity contribution in [3.63, 3.8) is 0 Å². The third kappa shape index (κ3) is 3.14. The van der Waals surface area contributed by atoms with E-state index in [0.29, 0.717) is 5.92 Å². The number of benzene rings is 1. The van der Waals surface area contributed by atoms with Crippen molar-refractivity contribution in [3.8, 4) is 0 Å². The third-order valence-electron chi connectivity index (χ3n) is 3.77. The summed E-state index contributed by atoms with van der Waals surface area (Å²) >= 11 is 1.72. The summed E-state index contributed by atoms with van der Waals surface area (Å²) in [6.45, 7) is 5.04. The van der Waals surface area contributed by atoms with E-state index in [-0.39, 0.29) is 11.4 Å². The normalized spacial score (nSPS) is 18.0. The fourth-order valence-corrected chi connectivity index (χ4v) is 3.70. The molecule has 5 heteroatoms. The Labute approximate surface area is 134 Å². The van der Waals surface area contributed by atoms with Gasteiger partial charge in [0.2, 0.25) is 0 Å². The van der Waals surface area contributed by atoms with Crippen molar-refractivity contribution in [1.82, 2.24) is 4.90 Å². The second-order valence-electron chi connectivity index (χ2n) is 5.64. The molecule has 1 aliphatic heterocycles. The summed E-state index contributed by atoms with van der Waals surface area (Å²) in [5.74, 6) is 2.24. The zero-order valence-electron chi connectivity index (χ0n) is 12.8. The average molecular weight is 316 g/mol. The molecule has 1 N–H and O–H groups in total. The molecule has 0 radical (unpaired) electrons. The first-order chi connectivity index (χ1) is 10.6. The van der Waals surface area contributed by atoms with Crippen LogP contribution in [0.15, 0.2) is 47.1 Å². The Bertz CT molecular complexity index is 623. The predicted octanol–water partition coefficient (Wildman–Crippen LogP) is 4.68. The van der Waals surface area contributed by atoms with E-state index in [1.807, 2.05) is 29.2 Å². The Morgan fingerprint density at radius 2 is 2.09 bits per heavy atom. The molecular formula is C17H20N2O2S. The molecule has 0 aliphatic carbocycles. The number of furan rings is 1. The molecule has 1 fully saturated rings. The molecule has 0 spiro atoms. The highest BCUT2D eigenvalue weighted by Gasteiger charge is 2.32. The lowest BCUT2D eigenvalue weighted by Crippen LogP contribution is -2.34. The zero-order valence-corrected chi connectivity index (χ0v) is 13.6. The molecular weight excluding hydrogens is 296 g/mol. The van der Waals surface area contributed by atoms with Gasteiger partial charge in [0.05, 0.1) is 6.26 Å². The first kappa shape index (κ1) is 15.0. The molecule has 2 aromatic rings. The molecule has 0 saturated carbocycles. The van der Waals surface area contributed by atoms with Gasteiger partial charge < -0.3 is 14.6 Å². The Balaban J connectivity index is 1.68. The van der Waals surface area contributed by atoms with Gasteiger partial charge in [-0.2, -0.15) is 0 Å². The maximum atomic E-state index is 12.5. The van der Waals surface area contributed by atoms with Gasteiger partial charge in [-0.05, 0) is 35.7 Å². The largest absolute Gasteiger partial charge is 0.466 e. The number of thioether (sulfide) groups is 1. The lowest BCUT2D eigenvalue weighted by molar-refractivity contribution is 0.210. The lowest BCUT2D eigenvalue weighted by atomic mass is 10.0. The van der Waals surface area contributed by atoms with Crippen LogP contribution in [0.3, 0.4) is 0 Å². The van der Waals surface area contributed by atoms with Crippen molar-refractivity contribution in [2.24, 2.45) is 0 Å². The van der Waals surface area contributed by atoms with Crippen LogP contribution in [0.25, 0.3) is 0 Å². The van der Waals surface area contributed by atoms with Crippen LogP contribution in [0, 0.1) is 0 Å². The molecule has 4 nitrogen and oxygen atoms in total. The van der Waals surface area contributed by atoms with E-state index in [1.165, 1.54) is 5.56 Å². The molecule has 22 heavy (non-hydrogen) atoms. The van der Waals surface area contributed by atoms with E-state index >= 15 is 0 Å². The van der Waals surface area contributed by atoms with Crippen LogP contribution in [-0.4, -0.2) is 23.2 Å². The number of carbonyl (C=O) groups is 1. The molecule has 116 valence electrons. The molecule has 0 bridgehead atoms. The fourth-order valence-electron chi connectivity index (χ4n) is 2.49. The van der Waals surface area contributed by atoms with Crippen LogP contribution in [0.4, 0.5) is 10.5 Å². The van der Waals surface area contributed by atoms with Crippen LogP contribution in [0.5, 0.6) is 0 Å². The van der Waals surface area contributed by atoms with Crippen molar-refractivity contribution in [2.45, 2.75) is 25.1 Å². The summed E-state index contributed by atoms with van der Waals surface area (Å²) in [6.07, 6.45) is 1.65. The van der Waals surface area contributed by atoms with Crippen LogP contribution in [0.1, 0.15) is 36.5 Å². The standard InChI is InChI=1S/C17H20N2O2S/c1-12(2)13-5-7-14(8-6-13)18-17(20)19-9-11-22-16(19)15-4-3-10-21-15/h3-8,10,12,16H,9,11H2,1-2H3,(H,18,20). The van der Waals surface area contributed by atoms with E-state index in [2.05, 4.69) is 31.3 Å². The number of nitrogens with zero attached hydrogens (tertiary/aromatic N) is 1. The van der Waals surface area contributed by atoms with Crippen LogP contribution in [0.2, 0.25) is 0 Å². The van der Waals surface area contributed by atoms with Gasteiger partial charge >= 0.3 is 6.03 Å². The minimum atomic E-state index is -0.0799. The Hall–Kier alpha value is -1.88. The molecule has 1 aromatic carbocycles. The summed E-state index contributed by atoms with van der Waals surface area (Å²) in [5.41, 5.74) is 2.09. The summed E-state index contributed by atoms with van der Waals surface area (Å²) < 4.78 is 5.45. The smallest absolute Gasteiger partial charge is 0.323 e. The summed E-state index contributed by atoms with van der Waals surface area (Å²) in [4.78, 5) is 14.3. The maximum absolute atomic E-state index is 12.5. The van der Waals surface area contributed by atoms with E-state index in [0.717, 1.165) is 23.7 Å². The van der Waals surface area contributed by atoms with Crippen molar-refractivity contribution < 1.29 is 9.21 Å². The second kappa shape index (κ2) is 6.48. The number of hydrogen-bond donors (Lipinski definition) is 1. The van der Waals surface area contributed by atoms with Gasteiger partial charge in [-0.25, -0.2) is 4.79 Å². The predicted molar refractivity (Wildman–Crippen MR) is 90.2 cm³/mol. The third-order valence-corrected chi connectivity index (χ3v) is 4.99. The van der Waals surface area contributed by atoms with Gasteiger partial charge in [-0.1, -0.05) is 26.0 Å². The van der Waals surface area contributed by atoms with Gasteiger partial charge in [0, 0.05) is 18.0 Å². The molecule has 2 amide bonds. The summed E-state index contributed by atoms with van der Waals surface area (Å²) in [7, 11) is 0. The second-order valence-corrected chi connectivity index (χ2v) is 6.83. The highest BCUT2D eigenvalue weighted by molar-refractivity contribution is 7.99. The first-order valence-corrected chi connectivity index (χ1v) is 8.52. The Morgan fingerprint density at radius 1 is 1.32 bits per heavy atom. The van der Waals surface area contributed by atoms with Gasteiger partial charge in [0.15, 0.2) is 0 Å². The molecule has 1 aliphatic rings. The number of carbonyl (C=O) groups excluding carboxylic acids is 1. The van der Waals surface area contributed by atoms with Gasteiger partial charge in [0.25, 0.3) is 0 Å². The van der Waals surface area contributed by atoms with Crippen molar-refractivity contribution in [1.29, 1.82) is 0 Å². The highest BCUT2D eigenvalue weighted by Crippen LogP contribution is 2.38. The lowest BCUT2D eigenvalue weighted by Gasteiger charge is -2.22. The maximum Gasteiger partial charge on any atom is 0.323 e. The number of urea groups is 1. The van der Waals surface area contributed by atoms with E-state index in [9.17, 15) is 4.79 Å². The number of hydrogen-bond acceptors (Lipinski definition) is 3. The topological polar surface area (TPSA) is 45.5 Å². The van der Waals surface area contributed by atoms with Gasteiger partial charge in [-0.15, -0.1) is 11.8 Å². The Morgan fingerprint density at radius 3 is 2.73 bits per heavy atom. The summed E-state index contributed by atoms with van der Waals surface area (Å²) in [6, 6.07) is 11.7. The first-order valence-electron chi connectivity index (χ1n) is 7.48. The summed E-state index contributed by atoms with van der Waals surface area (Å²) in [5, 5.41) is 2.94. The molecule has 1 atom stereocenters. The highest BCUT2D eigenvalue weighted by atomic mass is 32.2. The van der Waals surface area contributed by atoms with E-state index < -0.39 is 0 Å². The number of nitrogens with one attached hydrogen (secondary N) is 1. The number of amides is 2. The Kier molecular flexibility index (Phi) is 4.43. The minimum Gasteiger partial charge on any atom is -0.466 e. The van der Waals surface area contributed by atoms with Crippen LogP contribution in [-0.2, 0) is 0 Å². The van der Waals surface area contributed by atoms with E-state index in [4.69, 9.17) is 4.42 Å². The average Bonchev–Trinajstić information content (AvgIpc) is 3.18. The molecule has 3 rings (SSSR count). The molecule has 2 heterocycles. The molecule has 1 saturated heterocycles. The quantitative estimate of drug-likeness (QED) is 0.894.